The van der Waals surface area contributed by atoms with E-state index in [4.69, 9.17) is 11.2 Å². The van der Waals surface area contributed by atoms with Crippen molar-refractivity contribution in [1.29, 1.82) is 0 Å². The Balaban J connectivity index is 4.90. The first kappa shape index (κ1) is 13.8. The summed E-state index contributed by atoms with van der Waals surface area (Å²) in [4.78, 5) is 23.9. The van der Waals surface area contributed by atoms with Gasteiger partial charge >= 0.3 is 12.1 Å². The molecule has 0 unspecified atom stereocenters. The highest BCUT2D eigenvalue weighted by Crippen LogP contribution is 2.15. The quantitative estimate of drug-likeness (QED) is 0.826. The minimum absolute atomic E-state index is 0.114. The summed E-state index contributed by atoms with van der Waals surface area (Å²) in [6.45, 7) is 8.84. The van der Waals surface area contributed by atoms with Gasteiger partial charge in [0.15, 0.2) is 0 Å². The summed E-state index contributed by atoms with van der Waals surface area (Å²) in [5.74, 6) is -0.996. The van der Waals surface area contributed by atoms with Crippen molar-refractivity contribution in [3.8, 4) is 0 Å². The standard InChI is InChI=1S/C12H23NO4/c1-8(2)7-9(10(14)15)13(6)11(16)17-12(3,4)5/h8-9H,7H2,1-6H3,(H,14,15)/t9-/m0/s1/i6D. The fourth-order valence-electron chi connectivity index (χ4n) is 1.26. The van der Waals surface area contributed by atoms with E-state index in [1.54, 1.807) is 20.8 Å². The number of carbonyl (C=O) groups excluding carboxylic acids is 1. The van der Waals surface area contributed by atoms with Crippen molar-refractivity contribution in [3.05, 3.63) is 0 Å². The Morgan fingerprint density at radius 2 is 1.94 bits per heavy atom. The van der Waals surface area contributed by atoms with Crippen LogP contribution in [-0.2, 0) is 9.53 Å². The van der Waals surface area contributed by atoms with Gasteiger partial charge in [-0.15, -0.1) is 0 Å². The van der Waals surface area contributed by atoms with E-state index in [1.165, 1.54) is 0 Å². The summed E-state index contributed by atoms with van der Waals surface area (Å²) in [6.07, 6.45) is -0.460. The van der Waals surface area contributed by atoms with Crippen LogP contribution in [0.5, 0.6) is 0 Å². The zero-order valence-electron chi connectivity index (χ0n) is 12.2. The van der Waals surface area contributed by atoms with Gasteiger partial charge in [-0.3, -0.25) is 4.90 Å². The molecule has 0 aliphatic rings. The van der Waals surface area contributed by atoms with Crippen LogP contribution in [0.25, 0.3) is 0 Å². The average molecular weight is 246 g/mol. The number of nitrogens with zero attached hydrogens (tertiary/aromatic N) is 1. The lowest BCUT2D eigenvalue weighted by atomic mass is 10.0. The number of carbonyl (C=O) groups is 2. The minimum atomic E-state index is -1.11. The average Bonchev–Trinajstić information content (AvgIpc) is 2.13. The first-order chi connectivity index (χ1) is 8.08. The van der Waals surface area contributed by atoms with E-state index >= 15 is 0 Å². The number of carboxylic acid groups (broad SMARTS) is 1. The highest BCUT2D eigenvalue weighted by molar-refractivity contribution is 5.79. The van der Waals surface area contributed by atoms with Gasteiger partial charge in [-0.25, -0.2) is 9.59 Å². The fraction of sp³-hybridized carbons (Fsp3) is 0.833. The predicted molar refractivity (Wildman–Crippen MR) is 64.9 cm³/mol. The van der Waals surface area contributed by atoms with Gasteiger partial charge in [-0.2, -0.15) is 0 Å². The molecule has 100 valence electrons. The van der Waals surface area contributed by atoms with Crippen LogP contribution in [0.1, 0.15) is 42.4 Å². The molecule has 1 N–H and O–H groups in total. The number of rotatable bonds is 4. The first-order valence-corrected chi connectivity index (χ1v) is 5.60. The molecule has 0 bridgehead atoms. The molecule has 1 atom stereocenters. The Labute approximate surface area is 104 Å². The number of amides is 1. The third kappa shape index (κ3) is 6.14. The summed E-state index contributed by atoms with van der Waals surface area (Å²) in [5, 5.41) is 9.14. The van der Waals surface area contributed by atoms with Gasteiger partial charge in [0.1, 0.15) is 11.6 Å². The summed E-state index contributed by atoms with van der Waals surface area (Å²) >= 11 is 0. The Morgan fingerprint density at radius 3 is 2.24 bits per heavy atom. The van der Waals surface area contributed by atoms with Gasteiger partial charge < -0.3 is 9.84 Å². The zero-order chi connectivity index (χ0) is 14.5. The molecule has 5 heteroatoms. The van der Waals surface area contributed by atoms with Crippen molar-refractivity contribution in [2.24, 2.45) is 5.92 Å². The number of carboxylic acids is 1. The maximum absolute atomic E-state index is 11.8. The summed E-state index contributed by atoms with van der Waals surface area (Å²) < 4.78 is 12.4. The highest BCUT2D eigenvalue weighted by atomic mass is 16.6. The third-order valence-electron chi connectivity index (χ3n) is 1.98. The highest BCUT2D eigenvalue weighted by Gasteiger charge is 2.30. The monoisotopic (exact) mass is 246 g/mol. The summed E-state index contributed by atoms with van der Waals surface area (Å²) in [7, 11) is -0.432. The molecule has 0 radical (unpaired) electrons. The molecule has 0 aromatic rings. The molecule has 0 aromatic heterocycles. The first-order valence-electron chi connectivity index (χ1n) is 6.31. The van der Waals surface area contributed by atoms with E-state index in [2.05, 4.69) is 0 Å². The van der Waals surface area contributed by atoms with E-state index < -0.39 is 30.7 Å². The Hall–Kier alpha value is -1.26. The maximum atomic E-state index is 11.8. The van der Waals surface area contributed by atoms with Crippen molar-refractivity contribution in [2.75, 3.05) is 7.02 Å². The lowest BCUT2D eigenvalue weighted by Crippen LogP contribution is -2.45. The van der Waals surface area contributed by atoms with Crippen LogP contribution in [0.2, 0.25) is 0 Å². The van der Waals surface area contributed by atoms with Gasteiger partial charge in [0.05, 0.1) is 0 Å². The molecule has 0 spiro atoms. The number of likely N-dealkylation sites (N-methyl/N-ethyl adjacent to an activating group) is 1. The molecule has 0 aliphatic carbocycles. The SMILES string of the molecule is [2H]CN(C(=O)OC(C)(C)C)[C@@H](CC(C)C)C(=O)O. The van der Waals surface area contributed by atoms with E-state index in [1.807, 2.05) is 13.8 Å². The molecule has 0 rings (SSSR count). The molecular formula is C12H23NO4. The fourth-order valence-corrected chi connectivity index (χ4v) is 1.26. The normalized spacial score (nSPS) is 14.1. The van der Waals surface area contributed by atoms with E-state index in [0.717, 1.165) is 4.90 Å². The smallest absolute Gasteiger partial charge is 0.410 e. The Kier molecular flexibility index (Phi) is 4.78. The van der Waals surface area contributed by atoms with E-state index in [9.17, 15) is 9.59 Å². The molecule has 0 saturated heterocycles. The zero-order valence-corrected chi connectivity index (χ0v) is 11.2. The lowest BCUT2D eigenvalue weighted by Gasteiger charge is -2.29. The second kappa shape index (κ2) is 5.89. The minimum Gasteiger partial charge on any atom is -0.480 e. The molecule has 1 amide bonds. The molecule has 0 fully saturated rings. The second-order valence-electron chi connectivity index (χ2n) is 5.43. The molecule has 0 aromatic carbocycles. The Bertz CT molecular complexity index is 299. The summed E-state index contributed by atoms with van der Waals surface area (Å²) in [6, 6.07) is -1.02. The Morgan fingerprint density at radius 1 is 1.41 bits per heavy atom. The molecule has 17 heavy (non-hydrogen) atoms. The van der Waals surface area contributed by atoms with Gasteiger partial charge in [-0.05, 0) is 33.1 Å². The summed E-state index contributed by atoms with van der Waals surface area (Å²) in [5.41, 5.74) is -0.703. The van der Waals surface area contributed by atoms with Crippen LogP contribution in [-0.4, -0.2) is 40.7 Å². The molecular weight excluding hydrogens is 222 g/mol. The van der Waals surface area contributed by atoms with Crippen LogP contribution in [0.15, 0.2) is 0 Å². The lowest BCUT2D eigenvalue weighted by molar-refractivity contribution is -0.143. The predicted octanol–water partition coefficient (Wildman–Crippen LogP) is 2.35. The van der Waals surface area contributed by atoms with Crippen molar-refractivity contribution in [1.82, 2.24) is 4.90 Å². The molecule has 0 saturated carbocycles. The van der Waals surface area contributed by atoms with Crippen LogP contribution in [0, 0.1) is 5.92 Å². The molecule has 5 nitrogen and oxygen atoms in total. The molecule has 0 heterocycles. The van der Waals surface area contributed by atoms with Crippen molar-refractivity contribution in [2.45, 2.75) is 52.7 Å². The van der Waals surface area contributed by atoms with Crippen molar-refractivity contribution in [3.63, 3.8) is 0 Å². The second-order valence-corrected chi connectivity index (χ2v) is 5.43. The third-order valence-corrected chi connectivity index (χ3v) is 1.98. The van der Waals surface area contributed by atoms with E-state index in [0.29, 0.717) is 6.42 Å². The number of hydrogen-bond acceptors (Lipinski definition) is 3. The van der Waals surface area contributed by atoms with Crippen LogP contribution < -0.4 is 0 Å². The van der Waals surface area contributed by atoms with Gasteiger partial charge in [-0.1, -0.05) is 13.8 Å². The topological polar surface area (TPSA) is 66.8 Å². The number of hydrogen-bond donors (Lipinski definition) is 1. The van der Waals surface area contributed by atoms with Crippen LogP contribution >= 0.6 is 0 Å². The largest absolute Gasteiger partial charge is 0.480 e. The number of aliphatic carboxylic acids is 1. The van der Waals surface area contributed by atoms with Gasteiger partial charge in [0.2, 0.25) is 0 Å². The van der Waals surface area contributed by atoms with Crippen LogP contribution in [0.4, 0.5) is 4.79 Å². The van der Waals surface area contributed by atoms with Crippen molar-refractivity contribution < 1.29 is 20.8 Å². The van der Waals surface area contributed by atoms with E-state index in [-0.39, 0.29) is 5.92 Å². The maximum Gasteiger partial charge on any atom is 0.410 e. The van der Waals surface area contributed by atoms with Crippen molar-refractivity contribution >= 4 is 12.1 Å². The van der Waals surface area contributed by atoms with Crippen LogP contribution in [0.3, 0.4) is 0 Å². The van der Waals surface area contributed by atoms with Gasteiger partial charge in [0.25, 0.3) is 0 Å². The molecule has 0 aliphatic heterocycles. The number of ether oxygens (including phenoxy) is 1. The van der Waals surface area contributed by atoms with Gasteiger partial charge in [0, 0.05) is 8.39 Å².